The Morgan fingerprint density at radius 1 is 1.13 bits per heavy atom. The van der Waals surface area contributed by atoms with Crippen molar-refractivity contribution in [3.63, 3.8) is 0 Å². The van der Waals surface area contributed by atoms with E-state index >= 15 is 0 Å². The molecule has 3 atom stereocenters. The fourth-order valence-corrected chi connectivity index (χ4v) is 5.67. The Morgan fingerprint density at radius 2 is 1.87 bits per heavy atom. The minimum atomic E-state index is -0.816. The van der Waals surface area contributed by atoms with Gasteiger partial charge >= 0.3 is 0 Å². The zero-order valence-corrected chi connectivity index (χ0v) is 22.1. The molecule has 3 unspecified atom stereocenters. The Morgan fingerprint density at radius 3 is 2.58 bits per heavy atom. The first-order chi connectivity index (χ1) is 18.4. The highest BCUT2D eigenvalue weighted by atomic mass is 32.1. The lowest BCUT2D eigenvalue weighted by molar-refractivity contribution is -0.140. The van der Waals surface area contributed by atoms with Crippen LogP contribution in [0.4, 0.5) is 0 Å². The number of hydrogen-bond donors (Lipinski definition) is 4. The molecule has 2 amide bonds. The molecule has 0 spiro atoms. The Kier molecular flexibility index (Phi) is 9.03. The van der Waals surface area contributed by atoms with Gasteiger partial charge in [-0.05, 0) is 50.4 Å². The minimum absolute atomic E-state index is 0.0271. The van der Waals surface area contributed by atoms with Gasteiger partial charge in [-0.1, -0.05) is 42.5 Å². The maximum atomic E-state index is 13.5. The number of nitrogens with two attached hydrogens (primary N) is 2. The minimum Gasteiger partial charge on any atom is -0.370 e. The molecule has 1 fully saturated rings. The van der Waals surface area contributed by atoms with E-state index in [0.717, 1.165) is 15.8 Å². The Hall–Kier alpha value is -3.83. The number of ketones is 1. The number of aliphatic imine (C=N–C) groups is 1. The number of thiazole rings is 1. The molecule has 10 nitrogen and oxygen atoms in total. The number of nitrogens with zero attached hydrogens (tertiary/aromatic N) is 3. The van der Waals surface area contributed by atoms with Crippen molar-refractivity contribution in [1.82, 2.24) is 20.5 Å². The summed E-state index contributed by atoms with van der Waals surface area (Å²) >= 11 is 1.29. The smallest absolute Gasteiger partial charge is 0.244 e. The maximum Gasteiger partial charge on any atom is 0.244 e. The largest absolute Gasteiger partial charge is 0.370 e. The van der Waals surface area contributed by atoms with Crippen molar-refractivity contribution in [2.45, 2.75) is 43.8 Å². The molecule has 4 rings (SSSR count). The van der Waals surface area contributed by atoms with E-state index in [2.05, 4.69) is 20.6 Å². The number of likely N-dealkylation sites (N-methyl/N-ethyl adjacent to an activating group) is 1. The molecule has 0 saturated carbocycles. The van der Waals surface area contributed by atoms with Crippen LogP contribution in [0.5, 0.6) is 0 Å². The van der Waals surface area contributed by atoms with Gasteiger partial charge in [0.05, 0.1) is 16.3 Å². The quantitative estimate of drug-likeness (QED) is 0.127. The monoisotopic (exact) mass is 535 g/mol. The standard InChI is InChI=1S/C27H33N7O3S/c1-30-22(17-9-3-2-4-10-17)26(37)34-16-8-13-20(34)24(36)32-19(12-7-15-31-27(28)29)23(35)25-33-18-11-5-6-14-21(18)38-25/h2-6,9-11,14,19-20,22,30H,7-8,12-13,15-16H2,1H3,(H,32,36)(H4,28,29,31). The summed E-state index contributed by atoms with van der Waals surface area (Å²) in [6.07, 6.45) is 2.05. The third kappa shape index (κ3) is 6.35. The Labute approximate surface area is 225 Å². The van der Waals surface area contributed by atoms with Gasteiger partial charge in [-0.2, -0.15) is 0 Å². The molecule has 0 bridgehead atoms. The first-order valence-electron chi connectivity index (χ1n) is 12.7. The maximum absolute atomic E-state index is 13.5. The van der Waals surface area contributed by atoms with Gasteiger partial charge in [0, 0.05) is 13.1 Å². The van der Waals surface area contributed by atoms with Crippen LogP contribution < -0.4 is 22.1 Å². The normalized spacial score (nSPS) is 16.7. The number of para-hydroxylation sites is 1. The summed E-state index contributed by atoms with van der Waals surface area (Å²) in [6.45, 7) is 0.805. The Bertz CT molecular complexity index is 1270. The summed E-state index contributed by atoms with van der Waals surface area (Å²) in [4.78, 5) is 50.6. The number of Topliss-reactive ketones (excluding diaryl/α,β-unsaturated/α-hetero) is 1. The number of nitrogens with one attached hydrogen (secondary N) is 2. The lowest BCUT2D eigenvalue weighted by Crippen LogP contribution is -2.52. The summed E-state index contributed by atoms with van der Waals surface area (Å²) in [7, 11) is 1.73. The third-order valence-electron chi connectivity index (χ3n) is 6.59. The molecule has 1 aliphatic rings. The van der Waals surface area contributed by atoms with Crippen LogP contribution >= 0.6 is 11.3 Å². The van der Waals surface area contributed by atoms with Gasteiger partial charge < -0.3 is 27.0 Å². The summed E-state index contributed by atoms with van der Waals surface area (Å²) < 4.78 is 0.896. The molecule has 0 radical (unpaired) electrons. The third-order valence-corrected chi connectivity index (χ3v) is 7.64. The lowest BCUT2D eigenvalue weighted by atomic mass is 10.0. The number of guanidine groups is 1. The van der Waals surface area contributed by atoms with E-state index in [4.69, 9.17) is 11.5 Å². The van der Waals surface area contributed by atoms with Crippen LogP contribution in [0.15, 0.2) is 59.6 Å². The van der Waals surface area contributed by atoms with Crippen LogP contribution in [0.2, 0.25) is 0 Å². The second kappa shape index (κ2) is 12.6. The predicted octanol–water partition coefficient (Wildman–Crippen LogP) is 1.97. The first kappa shape index (κ1) is 27.2. The van der Waals surface area contributed by atoms with Gasteiger partial charge in [0.2, 0.25) is 17.6 Å². The van der Waals surface area contributed by atoms with Crippen LogP contribution in [0, 0.1) is 0 Å². The van der Waals surface area contributed by atoms with Gasteiger partial charge in [0.25, 0.3) is 0 Å². The molecule has 1 aliphatic heterocycles. The molecule has 200 valence electrons. The van der Waals surface area contributed by atoms with E-state index in [0.29, 0.717) is 43.8 Å². The fourth-order valence-electron chi connectivity index (χ4n) is 4.71. The second-order valence-corrected chi connectivity index (χ2v) is 10.2. The van der Waals surface area contributed by atoms with Crippen molar-refractivity contribution in [1.29, 1.82) is 0 Å². The summed E-state index contributed by atoms with van der Waals surface area (Å²) in [6, 6.07) is 14.9. The molecular weight excluding hydrogens is 502 g/mol. The van der Waals surface area contributed by atoms with Crippen molar-refractivity contribution >= 4 is 45.1 Å². The number of rotatable bonds is 11. The van der Waals surface area contributed by atoms with Crippen LogP contribution in [0.25, 0.3) is 10.2 Å². The number of benzene rings is 2. The van der Waals surface area contributed by atoms with Crippen LogP contribution in [-0.4, -0.2) is 65.7 Å². The van der Waals surface area contributed by atoms with E-state index in [9.17, 15) is 14.4 Å². The number of hydrogen-bond acceptors (Lipinski definition) is 7. The molecule has 38 heavy (non-hydrogen) atoms. The average Bonchev–Trinajstić information content (AvgIpc) is 3.58. The molecule has 0 aliphatic carbocycles. The topological polar surface area (TPSA) is 156 Å². The van der Waals surface area contributed by atoms with Gasteiger partial charge in [0.1, 0.15) is 12.1 Å². The van der Waals surface area contributed by atoms with Crippen LogP contribution in [0.1, 0.15) is 47.1 Å². The van der Waals surface area contributed by atoms with Gasteiger partial charge in [-0.3, -0.25) is 19.4 Å². The number of carbonyl (C=O) groups excluding carboxylic acids is 3. The summed E-state index contributed by atoms with van der Waals surface area (Å²) in [5.41, 5.74) is 12.4. The highest BCUT2D eigenvalue weighted by Crippen LogP contribution is 2.26. The molecule has 3 aromatic rings. The first-order valence-corrected chi connectivity index (χ1v) is 13.5. The van der Waals surface area contributed by atoms with E-state index in [-0.39, 0.29) is 23.6 Å². The summed E-state index contributed by atoms with van der Waals surface area (Å²) in [5.74, 6) is -0.809. The highest BCUT2D eigenvalue weighted by Gasteiger charge is 2.38. The molecule has 1 aromatic heterocycles. The summed E-state index contributed by atoms with van der Waals surface area (Å²) in [5, 5.41) is 6.33. The predicted molar refractivity (Wildman–Crippen MR) is 149 cm³/mol. The van der Waals surface area contributed by atoms with Crippen LogP contribution in [0.3, 0.4) is 0 Å². The van der Waals surface area contributed by atoms with Crippen molar-refractivity contribution in [2.24, 2.45) is 16.5 Å². The average molecular weight is 536 g/mol. The van der Waals surface area contributed by atoms with Gasteiger partial charge in [0.15, 0.2) is 11.0 Å². The van der Waals surface area contributed by atoms with E-state index in [1.807, 2.05) is 54.6 Å². The Balaban J connectivity index is 1.51. The highest BCUT2D eigenvalue weighted by molar-refractivity contribution is 7.20. The molecule has 11 heteroatoms. The van der Waals surface area contributed by atoms with Crippen molar-refractivity contribution in [3.05, 3.63) is 65.2 Å². The number of likely N-dealkylation sites (tertiary alicyclic amines) is 1. The number of fused-ring (bicyclic) bond motifs is 1. The zero-order valence-electron chi connectivity index (χ0n) is 21.3. The van der Waals surface area contributed by atoms with Gasteiger partial charge in [-0.25, -0.2) is 4.98 Å². The van der Waals surface area contributed by atoms with Gasteiger partial charge in [-0.15, -0.1) is 11.3 Å². The van der Waals surface area contributed by atoms with E-state index in [1.54, 1.807) is 11.9 Å². The molecule has 2 aromatic carbocycles. The van der Waals surface area contributed by atoms with Crippen molar-refractivity contribution in [2.75, 3.05) is 20.1 Å². The molecule has 1 saturated heterocycles. The number of carbonyl (C=O) groups is 3. The van der Waals surface area contributed by atoms with E-state index < -0.39 is 18.1 Å². The SMILES string of the molecule is CNC(C(=O)N1CCCC1C(=O)NC(CCCN=C(N)N)C(=O)c1nc2ccccc2s1)c1ccccc1. The number of amides is 2. The molecule has 2 heterocycles. The lowest BCUT2D eigenvalue weighted by Gasteiger charge is -2.29. The fraction of sp³-hybridized carbons (Fsp3) is 0.370. The second-order valence-electron chi connectivity index (χ2n) is 9.18. The van der Waals surface area contributed by atoms with E-state index in [1.165, 1.54) is 11.3 Å². The molecular formula is C27H33N7O3S. The van der Waals surface area contributed by atoms with Crippen molar-refractivity contribution < 1.29 is 14.4 Å². The molecule has 6 N–H and O–H groups in total. The zero-order chi connectivity index (χ0) is 27.1. The van der Waals surface area contributed by atoms with Crippen molar-refractivity contribution in [3.8, 4) is 0 Å². The number of aromatic nitrogens is 1. The van der Waals surface area contributed by atoms with Crippen LogP contribution in [-0.2, 0) is 9.59 Å².